The van der Waals surface area contributed by atoms with E-state index in [9.17, 15) is 0 Å². The molecule has 0 saturated carbocycles. The van der Waals surface area contributed by atoms with Crippen LogP contribution in [0.3, 0.4) is 0 Å². The van der Waals surface area contributed by atoms with Gasteiger partial charge in [0, 0.05) is 26.2 Å². The normalized spacial score (nSPS) is 15.1. The summed E-state index contributed by atoms with van der Waals surface area (Å²) in [5, 5.41) is 3.40. The maximum absolute atomic E-state index is 4.74. The van der Waals surface area contributed by atoms with Crippen LogP contribution in [0.1, 0.15) is 30.9 Å². The molecule has 4 heteroatoms. The lowest BCUT2D eigenvalue weighted by atomic mass is 10.1. The Balaban J connectivity index is 0.00000200. The maximum atomic E-state index is 4.74. The summed E-state index contributed by atoms with van der Waals surface area (Å²) in [6.07, 6.45) is 3.60. The third-order valence-electron chi connectivity index (χ3n) is 3.52. The minimum absolute atomic E-state index is 0. The highest BCUT2D eigenvalue weighted by Crippen LogP contribution is 2.08. The molecule has 0 aromatic heterocycles. The van der Waals surface area contributed by atoms with Gasteiger partial charge in [0.05, 0.1) is 0 Å². The summed E-state index contributed by atoms with van der Waals surface area (Å²) in [5.74, 6) is 1.09. The van der Waals surface area contributed by atoms with Crippen LogP contribution in [-0.2, 0) is 6.42 Å². The van der Waals surface area contributed by atoms with E-state index >= 15 is 0 Å². The van der Waals surface area contributed by atoms with Crippen LogP contribution in [0.2, 0.25) is 0 Å². The summed E-state index contributed by atoms with van der Waals surface area (Å²) in [7, 11) is 0. The number of hydrogen-bond donors (Lipinski definition) is 1. The quantitative estimate of drug-likeness (QED) is 0.488. The molecule has 1 N–H and O–H groups in total. The number of halogens is 1. The van der Waals surface area contributed by atoms with Gasteiger partial charge in [-0.2, -0.15) is 0 Å². The molecule has 0 unspecified atom stereocenters. The molecule has 1 aliphatic rings. The molecule has 1 aliphatic heterocycles. The van der Waals surface area contributed by atoms with Gasteiger partial charge < -0.3 is 10.2 Å². The second-order valence-electron chi connectivity index (χ2n) is 5.17. The zero-order valence-corrected chi connectivity index (χ0v) is 14.9. The zero-order chi connectivity index (χ0) is 13.5. The van der Waals surface area contributed by atoms with E-state index in [1.807, 2.05) is 0 Å². The lowest BCUT2D eigenvalue weighted by Crippen LogP contribution is -2.39. The van der Waals surface area contributed by atoms with Gasteiger partial charge in [-0.3, -0.25) is 4.99 Å². The minimum Gasteiger partial charge on any atom is -0.357 e. The summed E-state index contributed by atoms with van der Waals surface area (Å²) < 4.78 is 0. The van der Waals surface area contributed by atoms with Gasteiger partial charge >= 0.3 is 0 Å². The van der Waals surface area contributed by atoms with Crippen LogP contribution in [0.15, 0.2) is 29.3 Å². The van der Waals surface area contributed by atoms with Crippen molar-refractivity contribution in [2.45, 2.75) is 33.1 Å². The van der Waals surface area contributed by atoms with Crippen LogP contribution in [-0.4, -0.2) is 37.0 Å². The number of guanidine groups is 1. The first-order valence-electron chi connectivity index (χ1n) is 7.38. The van der Waals surface area contributed by atoms with Gasteiger partial charge in [0.2, 0.25) is 0 Å². The molecule has 0 radical (unpaired) electrons. The number of rotatable bonds is 4. The Hall–Kier alpha value is -0.780. The Morgan fingerprint density at radius 2 is 1.85 bits per heavy atom. The molecule has 20 heavy (non-hydrogen) atoms. The third-order valence-corrected chi connectivity index (χ3v) is 3.52. The monoisotopic (exact) mass is 387 g/mol. The molecule has 2 rings (SSSR count). The van der Waals surface area contributed by atoms with E-state index in [4.69, 9.17) is 4.99 Å². The van der Waals surface area contributed by atoms with Crippen LogP contribution in [0.5, 0.6) is 0 Å². The van der Waals surface area contributed by atoms with Gasteiger partial charge in [-0.1, -0.05) is 29.8 Å². The first-order valence-corrected chi connectivity index (χ1v) is 7.38. The van der Waals surface area contributed by atoms with Gasteiger partial charge in [0.15, 0.2) is 5.96 Å². The van der Waals surface area contributed by atoms with Crippen molar-refractivity contribution in [3.63, 3.8) is 0 Å². The van der Waals surface area contributed by atoms with Crippen LogP contribution in [0.25, 0.3) is 0 Å². The van der Waals surface area contributed by atoms with Gasteiger partial charge in [-0.15, -0.1) is 24.0 Å². The van der Waals surface area contributed by atoms with Crippen molar-refractivity contribution < 1.29 is 0 Å². The van der Waals surface area contributed by atoms with E-state index in [0.717, 1.165) is 38.6 Å². The number of benzene rings is 1. The zero-order valence-electron chi connectivity index (χ0n) is 12.6. The average molecular weight is 387 g/mol. The van der Waals surface area contributed by atoms with E-state index in [2.05, 4.69) is 48.3 Å². The fourth-order valence-electron chi connectivity index (χ4n) is 2.40. The summed E-state index contributed by atoms with van der Waals surface area (Å²) in [6, 6.07) is 8.75. The summed E-state index contributed by atoms with van der Waals surface area (Å²) in [5.41, 5.74) is 2.68. The molecule has 1 aromatic rings. The molecule has 1 saturated heterocycles. The van der Waals surface area contributed by atoms with E-state index in [0.29, 0.717) is 0 Å². The molecule has 1 fully saturated rings. The fraction of sp³-hybridized carbons (Fsp3) is 0.562. The molecule has 0 bridgehead atoms. The van der Waals surface area contributed by atoms with Crippen molar-refractivity contribution in [3.05, 3.63) is 35.4 Å². The van der Waals surface area contributed by atoms with Crippen molar-refractivity contribution in [2.75, 3.05) is 26.2 Å². The van der Waals surface area contributed by atoms with E-state index in [1.54, 1.807) is 0 Å². The van der Waals surface area contributed by atoms with E-state index in [-0.39, 0.29) is 24.0 Å². The van der Waals surface area contributed by atoms with Crippen molar-refractivity contribution >= 4 is 29.9 Å². The predicted molar refractivity (Wildman–Crippen MR) is 97.1 cm³/mol. The van der Waals surface area contributed by atoms with Crippen molar-refractivity contribution in [2.24, 2.45) is 4.99 Å². The standard InChI is InChI=1S/C16H25N3.HI/c1-3-17-16(19-12-4-5-13-19)18-11-10-15-8-6-14(2)7-9-15;/h6-9H,3-5,10-13H2,1-2H3,(H,17,18);1H. The lowest BCUT2D eigenvalue weighted by molar-refractivity contribution is 0.494. The number of aliphatic imine (C=N–C) groups is 1. The van der Waals surface area contributed by atoms with Crippen LogP contribution in [0, 0.1) is 6.92 Å². The Morgan fingerprint density at radius 1 is 1.20 bits per heavy atom. The highest BCUT2D eigenvalue weighted by atomic mass is 127. The van der Waals surface area contributed by atoms with Crippen molar-refractivity contribution in [1.29, 1.82) is 0 Å². The second-order valence-corrected chi connectivity index (χ2v) is 5.17. The lowest BCUT2D eigenvalue weighted by Gasteiger charge is -2.20. The van der Waals surface area contributed by atoms with Crippen LogP contribution in [0.4, 0.5) is 0 Å². The smallest absolute Gasteiger partial charge is 0.193 e. The minimum atomic E-state index is 0. The highest BCUT2D eigenvalue weighted by molar-refractivity contribution is 14.0. The second kappa shape index (κ2) is 9.21. The molecular formula is C16H26IN3. The highest BCUT2D eigenvalue weighted by Gasteiger charge is 2.14. The molecule has 0 atom stereocenters. The predicted octanol–water partition coefficient (Wildman–Crippen LogP) is 3.22. The molecule has 1 heterocycles. The van der Waals surface area contributed by atoms with Gasteiger partial charge in [0.25, 0.3) is 0 Å². The van der Waals surface area contributed by atoms with Crippen LogP contribution >= 0.6 is 24.0 Å². The van der Waals surface area contributed by atoms with Gasteiger partial charge in [-0.05, 0) is 38.7 Å². The topological polar surface area (TPSA) is 27.6 Å². The number of nitrogens with one attached hydrogen (secondary N) is 1. The molecule has 112 valence electrons. The molecular weight excluding hydrogens is 361 g/mol. The summed E-state index contributed by atoms with van der Waals surface area (Å²) >= 11 is 0. The summed E-state index contributed by atoms with van der Waals surface area (Å²) in [4.78, 5) is 7.12. The number of nitrogens with zero attached hydrogens (tertiary/aromatic N) is 2. The Bertz CT molecular complexity index is 408. The molecule has 0 spiro atoms. The van der Waals surface area contributed by atoms with Gasteiger partial charge in [0.1, 0.15) is 0 Å². The Kier molecular flexibility index (Phi) is 7.95. The van der Waals surface area contributed by atoms with Gasteiger partial charge in [-0.25, -0.2) is 0 Å². The largest absolute Gasteiger partial charge is 0.357 e. The SMILES string of the molecule is CCNC(=NCCc1ccc(C)cc1)N1CCCC1.I. The first kappa shape index (κ1) is 17.3. The Morgan fingerprint density at radius 3 is 2.45 bits per heavy atom. The number of likely N-dealkylation sites (tertiary alicyclic amines) is 1. The first-order chi connectivity index (χ1) is 9.29. The van der Waals surface area contributed by atoms with Crippen LogP contribution < -0.4 is 5.32 Å². The molecule has 1 aromatic carbocycles. The average Bonchev–Trinajstić information content (AvgIpc) is 2.94. The number of hydrogen-bond acceptors (Lipinski definition) is 1. The van der Waals surface area contributed by atoms with Crippen molar-refractivity contribution in [1.82, 2.24) is 10.2 Å². The fourth-order valence-corrected chi connectivity index (χ4v) is 2.40. The maximum Gasteiger partial charge on any atom is 0.193 e. The van der Waals surface area contributed by atoms with Crippen molar-refractivity contribution in [3.8, 4) is 0 Å². The molecule has 0 aliphatic carbocycles. The number of aryl methyl sites for hydroxylation is 1. The Labute approximate surface area is 139 Å². The molecule has 3 nitrogen and oxygen atoms in total. The summed E-state index contributed by atoms with van der Waals surface area (Å²) in [6.45, 7) is 8.36. The van der Waals surface area contributed by atoms with E-state index in [1.165, 1.54) is 24.0 Å². The van der Waals surface area contributed by atoms with E-state index < -0.39 is 0 Å². The molecule has 0 amide bonds. The third kappa shape index (κ3) is 5.31.